The third-order valence-corrected chi connectivity index (χ3v) is 1.09. The van der Waals surface area contributed by atoms with Gasteiger partial charge in [0.25, 0.3) is 0 Å². The Kier molecular flexibility index (Phi) is 2.84. The van der Waals surface area contributed by atoms with E-state index in [0.29, 0.717) is 0 Å². The normalized spacial score (nSPS) is 13.8. The monoisotopic (exact) mass is 157 g/mol. The Hall–Kier alpha value is 0.310. The predicted molar refractivity (Wildman–Crippen MR) is 30.8 cm³/mol. The van der Waals surface area contributed by atoms with Crippen molar-refractivity contribution in [3.63, 3.8) is 0 Å². The van der Waals surface area contributed by atoms with Crippen LogP contribution in [0.4, 0.5) is 0 Å². The summed E-state index contributed by atoms with van der Waals surface area (Å²) < 4.78 is 14.1. The van der Waals surface area contributed by atoms with E-state index in [1.807, 2.05) is 0 Å². The van der Waals surface area contributed by atoms with Crippen LogP contribution in [0.25, 0.3) is 0 Å². The fourth-order valence-electron chi connectivity index (χ4n) is 0.186. The van der Waals surface area contributed by atoms with Crippen molar-refractivity contribution in [2.75, 3.05) is 0 Å². The molecule has 0 heterocycles. The van der Waals surface area contributed by atoms with Crippen LogP contribution in [0.2, 0.25) is 0 Å². The molecule has 0 fully saturated rings. The molecule has 0 bridgehead atoms. The van der Waals surface area contributed by atoms with Gasteiger partial charge in [-0.05, 0) is 13.8 Å². The van der Waals surface area contributed by atoms with Crippen LogP contribution in [0, 0.1) is 0 Å². The molecule has 0 rings (SSSR count). The van der Waals surface area contributed by atoms with E-state index >= 15 is 0 Å². The number of alkyl halides is 1. The third kappa shape index (κ3) is 6.31. The second-order valence-electron chi connectivity index (χ2n) is 1.69. The lowest BCUT2D eigenvalue weighted by atomic mass is 10.5. The van der Waals surface area contributed by atoms with Crippen LogP contribution in [0.5, 0.6) is 0 Å². The van der Waals surface area contributed by atoms with Gasteiger partial charge >= 0.3 is 8.25 Å². The molecule has 8 heavy (non-hydrogen) atoms. The minimum Gasteiger partial charge on any atom is -0.133 e. The van der Waals surface area contributed by atoms with Crippen molar-refractivity contribution in [3.05, 3.63) is 0 Å². The van der Waals surface area contributed by atoms with Crippen LogP contribution in [-0.2, 0) is 9.09 Å². The van der Waals surface area contributed by atoms with Gasteiger partial charge in [-0.3, -0.25) is 0 Å². The highest BCUT2D eigenvalue weighted by molar-refractivity contribution is 7.32. The number of hydrogen-bond acceptors (Lipinski definition) is 2. The van der Waals surface area contributed by atoms with Crippen molar-refractivity contribution >= 4 is 19.9 Å². The highest BCUT2D eigenvalue weighted by Crippen LogP contribution is 2.28. The Morgan fingerprint density at radius 1 is 1.75 bits per heavy atom. The maximum atomic E-state index is 9.86. The second kappa shape index (κ2) is 2.74. The van der Waals surface area contributed by atoms with Crippen LogP contribution in [0.3, 0.4) is 0 Å². The lowest BCUT2D eigenvalue weighted by Crippen LogP contribution is -2.09. The molecule has 5 heteroatoms. The zero-order valence-corrected chi connectivity index (χ0v) is 6.24. The van der Waals surface area contributed by atoms with E-state index in [1.54, 1.807) is 0 Å². The molecule has 0 aliphatic carbocycles. The SMILES string of the molecule is CC(C)(Cl)O[P+](=O)O. The van der Waals surface area contributed by atoms with Crippen molar-refractivity contribution in [2.24, 2.45) is 0 Å². The first kappa shape index (κ1) is 8.31. The van der Waals surface area contributed by atoms with Gasteiger partial charge in [0.2, 0.25) is 0 Å². The average Bonchev–Trinajstić information content (AvgIpc) is 1.21. The Balaban J connectivity index is 3.55. The molecule has 0 spiro atoms. The molecule has 0 aromatic carbocycles. The lowest BCUT2D eigenvalue weighted by molar-refractivity contribution is 0.185. The van der Waals surface area contributed by atoms with Gasteiger partial charge in [0.1, 0.15) is 0 Å². The van der Waals surface area contributed by atoms with E-state index in [0.717, 1.165) is 0 Å². The molecule has 0 aromatic rings. The molecule has 0 saturated heterocycles. The molecule has 48 valence electrons. The molecular formula is C3H7ClO3P+. The van der Waals surface area contributed by atoms with Gasteiger partial charge in [-0.25, -0.2) is 0 Å². The molecule has 1 unspecified atom stereocenters. The number of halogens is 1. The molecule has 0 aromatic heterocycles. The van der Waals surface area contributed by atoms with E-state index in [1.165, 1.54) is 13.8 Å². The van der Waals surface area contributed by atoms with Crippen molar-refractivity contribution in [3.8, 4) is 0 Å². The first-order valence-corrected chi connectivity index (χ1v) is 3.47. The van der Waals surface area contributed by atoms with E-state index < -0.39 is 13.3 Å². The van der Waals surface area contributed by atoms with Crippen LogP contribution in [-0.4, -0.2) is 9.95 Å². The summed E-state index contributed by atoms with van der Waals surface area (Å²) in [7, 11) is -2.57. The second-order valence-corrected chi connectivity index (χ2v) is 3.26. The summed E-state index contributed by atoms with van der Waals surface area (Å²) in [6.45, 7) is 2.97. The first-order chi connectivity index (χ1) is 3.42. The molecule has 0 aliphatic heterocycles. The van der Waals surface area contributed by atoms with Crippen molar-refractivity contribution in [2.45, 2.75) is 18.9 Å². The van der Waals surface area contributed by atoms with Crippen molar-refractivity contribution in [1.29, 1.82) is 0 Å². The smallest absolute Gasteiger partial charge is 0.133 e. The zero-order chi connectivity index (χ0) is 6.78. The first-order valence-electron chi connectivity index (χ1n) is 1.96. The lowest BCUT2D eigenvalue weighted by Gasteiger charge is -2.02. The molecule has 0 radical (unpaired) electrons. The summed E-state index contributed by atoms with van der Waals surface area (Å²) in [6, 6.07) is 0. The Labute approximate surface area is 53.6 Å². The van der Waals surface area contributed by atoms with Crippen LogP contribution < -0.4 is 0 Å². The Bertz CT molecular complexity index is 97.2. The minimum atomic E-state index is -2.57. The van der Waals surface area contributed by atoms with Gasteiger partial charge in [-0.2, -0.15) is 0 Å². The van der Waals surface area contributed by atoms with Crippen LogP contribution >= 0.6 is 19.9 Å². The quantitative estimate of drug-likeness (QED) is 0.490. The maximum absolute atomic E-state index is 9.86. The van der Waals surface area contributed by atoms with E-state index in [9.17, 15) is 4.57 Å². The van der Waals surface area contributed by atoms with Crippen LogP contribution in [0.15, 0.2) is 0 Å². The largest absolute Gasteiger partial charge is 0.696 e. The van der Waals surface area contributed by atoms with E-state index in [-0.39, 0.29) is 0 Å². The molecule has 3 nitrogen and oxygen atoms in total. The van der Waals surface area contributed by atoms with Gasteiger partial charge in [-0.15, -0.1) is 4.89 Å². The summed E-state index contributed by atoms with van der Waals surface area (Å²) in [4.78, 5) is 8.09. The van der Waals surface area contributed by atoms with E-state index in [2.05, 4.69) is 4.52 Å². The van der Waals surface area contributed by atoms with Gasteiger partial charge < -0.3 is 0 Å². The molecular weight excluding hydrogens is 150 g/mol. The molecule has 1 atom stereocenters. The predicted octanol–water partition coefficient (Wildman–Crippen LogP) is 1.63. The summed E-state index contributed by atoms with van der Waals surface area (Å²) in [5.41, 5.74) is 0. The Morgan fingerprint density at radius 3 is 2.12 bits per heavy atom. The summed E-state index contributed by atoms with van der Waals surface area (Å²) >= 11 is 5.36. The van der Waals surface area contributed by atoms with Gasteiger partial charge in [0, 0.05) is 4.57 Å². The standard InChI is InChI=1S/C3H6ClO3P/c1-3(2,4)7-8(5)6/h1-2H3/p+1. The van der Waals surface area contributed by atoms with Gasteiger partial charge in [0.05, 0.1) is 0 Å². The average molecular weight is 158 g/mol. The highest BCUT2D eigenvalue weighted by atomic mass is 35.5. The Morgan fingerprint density at radius 2 is 2.12 bits per heavy atom. The maximum Gasteiger partial charge on any atom is 0.696 e. The van der Waals surface area contributed by atoms with Gasteiger partial charge in [0.15, 0.2) is 5.06 Å². The number of hydrogen-bond donors (Lipinski definition) is 1. The summed E-state index contributed by atoms with van der Waals surface area (Å²) in [5.74, 6) is 0. The van der Waals surface area contributed by atoms with Crippen molar-refractivity contribution in [1.82, 2.24) is 0 Å². The fraction of sp³-hybridized carbons (Fsp3) is 1.00. The third-order valence-electron chi connectivity index (χ3n) is 0.295. The summed E-state index contributed by atoms with van der Waals surface area (Å²) in [6.07, 6.45) is 0. The molecule has 0 aliphatic rings. The highest BCUT2D eigenvalue weighted by Gasteiger charge is 2.27. The van der Waals surface area contributed by atoms with Crippen molar-refractivity contribution < 1.29 is 14.0 Å². The summed E-state index contributed by atoms with van der Waals surface area (Å²) in [5, 5.41) is -1.04. The fourth-order valence-corrected chi connectivity index (χ4v) is 0.734. The molecule has 0 amide bonds. The van der Waals surface area contributed by atoms with Gasteiger partial charge in [-0.1, -0.05) is 16.1 Å². The zero-order valence-electron chi connectivity index (χ0n) is 4.59. The van der Waals surface area contributed by atoms with E-state index in [4.69, 9.17) is 16.5 Å². The van der Waals surface area contributed by atoms with Crippen LogP contribution in [0.1, 0.15) is 13.8 Å². The topological polar surface area (TPSA) is 46.5 Å². The molecule has 1 N–H and O–H groups in total. The minimum absolute atomic E-state index is 1.04. The number of rotatable bonds is 2. The molecule has 0 saturated carbocycles.